The molecule has 2 rings (SSSR count). The molecule has 0 aromatic carbocycles. The Balaban J connectivity index is 1.82. The van der Waals surface area contributed by atoms with Crippen molar-refractivity contribution < 1.29 is 23.1 Å². The molecule has 1 aromatic rings. The molecule has 1 unspecified atom stereocenters. The molecule has 1 fully saturated rings. The molecule has 3 N–H and O–H groups in total. The molecule has 0 saturated carbocycles. The zero-order valence-electron chi connectivity index (χ0n) is 11.5. The van der Waals surface area contributed by atoms with Crippen LogP contribution in [-0.2, 0) is 26.0 Å². The molecule has 1 aromatic heterocycles. The average Bonchev–Trinajstić information content (AvgIpc) is 2.95. The number of ether oxygens (including phenoxy) is 1. The summed E-state index contributed by atoms with van der Waals surface area (Å²) in [6, 6.07) is 0. The Labute approximate surface area is 126 Å². The third kappa shape index (κ3) is 5.23. The minimum atomic E-state index is -3.37. The molecule has 1 atom stereocenters. The van der Waals surface area contributed by atoms with Crippen molar-refractivity contribution in [3.63, 3.8) is 0 Å². The second-order valence-electron chi connectivity index (χ2n) is 5.00. The van der Waals surface area contributed by atoms with E-state index in [0.717, 1.165) is 17.6 Å². The van der Waals surface area contributed by atoms with Gasteiger partial charge >= 0.3 is 0 Å². The molecule has 10 heteroatoms. The van der Waals surface area contributed by atoms with E-state index in [2.05, 4.69) is 15.0 Å². The summed E-state index contributed by atoms with van der Waals surface area (Å²) in [7, 11) is -3.37. The highest BCUT2D eigenvalue weighted by Gasteiger charge is 2.32. The Bertz CT molecular complexity index is 607. The van der Waals surface area contributed by atoms with Crippen molar-refractivity contribution in [1.82, 2.24) is 10.3 Å². The molecule has 0 bridgehead atoms. The van der Waals surface area contributed by atoms with E-state index in [4.69, 9.17) is 4.74 Å². The highest BCUT2D eigenvalue weighted by atomic mass is 32.2. The van der Waals surface area contributed by atoms with Gasteiger partial charge in [0.1, 0.15) is 5.60 Å². The minimum Gasteiger partial charge on any atom is -0.386 e. The number of carbonyl (C=O) groups is 1. The molecular weight excluding hydrogens is 318 g/mol. The number of amides is 1. The highest BCUT2D eigenvalue weighted by Crippen LogP contribution is 2.18. The maximum atomic E-state index is 11.8. The van der Waals surface area contributed by atoms with Gasteiger partial charge in [-0.1, -0.05) is 0 Å². The number of hydrogen-bond acceptors (Lipinski definition) is 7. The van der Waals surface area contributed by atoms with Crippen LogP contribution >= 0.6 is 11.3 Å². The molecule has 1 aliphatic heterocycles. The standard InChI is InChI=1S/C11H17N3O5S2/c1-21(17,18)14-10-13-8(5-20-10)4-9(15)12-6-11(16)2-3-19-7-11/h5,16H,2-4,6-7H2,1H3,(H,12,15)(H,13,14). The Morgan fingerprint density at radius 2 is 2.38 bits per heavy atom. The number of nitrogens with one attached hydrogen (secondary N) is 2. The quantitative estimate of drug-likeness (QED) is 0.634. The Kier molecular flexibility index (Phi) is 4.81. The van der Waals surface area contributed by atoms with Crippen molar-refractivity contribution in [3.8, 4) is 0 Å². The molecule has 118 valence electrons. The second-order valence-corrected chi connectivity index (χ2v) is 7.61. The third-order valence-corrected chi connectivity index (χ3v) is 4.36. The van der Waals surface area contributed by atoms with Crippen LogP contribution in [0.15, 0.2) is 5.38 Å². The zero-order valence-corrected chi connectivity index (χ0v) is 13.1. The van der Waals surface area contributed by atoms with Gasteiger partial charge in [-0.2, -0.15) is 0 Å². The van der Waals surface area contributed by atoms with Gasteiger partial charge in [0.05, 0.1) is 25.0 Å². The number of hydrogen-bond donors (Lipinski definition) is 3. The predicted molar refractivity (Wildman–Crippen MR) is 77.7 cm³/mol. The van der Waals surface area contributed by atoms with Gasteiger partial charge < -0.3 is 15.2 Å². The van der Waals surface area contributed by atoms with E-state index < -0.39 is 15.6 Å². The SMILES string of the molecule is CS(=O)(=O)Nc1nc(CC(=O)NCC2(O)CCOC2)cs1. The van der Waals surface area contributed by atoms with Gasteiger partial charge in [-0.05, 0) is 0 Å². The largest absolute Gasteiger partial charge is 0.386 e. The van der Waals surface area contributed by atoms with Crippen LogP contribution in [0.5, 0.6) is 0 Å². The van der Waals surface area contributed by atoms with Gasteiger partial charge in [0.25, 0.3) is 0 Å². The molecule has 0 aliphatic carbocycles. The summed E-state index contributed by atoms with van der Waals surface area (Å²) < 4.78 is 29.4. The smallest absolute Gasteiger partial charge is 0.231 e. The number of anilines is 1. The maximum Gasteiger partial charge on any atom is 0.231 e. The Morgan fingerprint density at radius 3 is 3.00 bits per heavy atom. The van der Waals surface area contributed by atoms with Gasteiger partial charge in [-0.15, -0.1) is 11.3 Å². The summed E-state index contributed by atoms with van der Waals surface area (Å²) in [5.41, 5.74) is -0.529. The fourth-order valence-corrected chi connectivity index (χ4v) is 3.38. The van der Waals surface area contributed by atoms with Crippen LogP contribution in [0.3, 0.4) is 0 Å². The molecule has 1 aliphatic rings. The molecular formula is C11H17N3O5S2. The number of aromatic nitrogens is 1. The van der Waals surface area contributed by atoms with Crippen LogP contribution in [0.2, 0.25) is 0 Å². The first-order valence-corrected chi connectivity index (χ1v) is 9.02. The summed E-state index contributed by atoms with van der Waals surface area (Å²) in [4.78, 5) is 15.8. The van der Waals surface area contributed by atoms with E-state index in [1.807, 2.05) is 0 Å². The number of rotatable bonds is 6. The first-order valence-electron chi connectivity index (χ1n) is 6.25. The lowest BCUT2D eigenvalue weighted by atomic mass is 10.0. The molecule has 8 nitrogen and oxygen atoms in total. The summed E-state index contributed by atoms with van der Waals surface area (Å²) in [5, 5.41) is 14.5. The molecule has 21 heavy (non-hydrogen) atoms. The number of aliphatic hydroxyl groups is 1. The Morgan fingerprint density at radius 1 is 1.62 bits per heavy atom. The maximum absolute atomic E-state index is 11.8. The average molecular weight is 335 g/mol. The minimum absolute atomic E-state index is 0.0267. The summed E-state index contributed by atoms with van der Waals surface area (Å²) in [6.45, 7) is 0.829. The number of nitrogens with zero attached hydrogens (tertiary/aromatic N) is 1. The van der Waals surface area contributed by atoms with Crippen molar-refractivity contribution in [1.29, 1.82) is 0 Å². The normalized spacial score (nSPS) is 22.2. The van der Waals surface area contributed by atoms with Crippen molar-refractivity contribution >= 4 is 32.4 Å². The van der Waals surface area contributed by atoms with Crippen LogP contribution in [0, 0.1) is 0 Å². The zero-order chi connectivity index (χ0) is 15.5. The van der Waals surface area contributed by atoms with E-state index in [1.54, 1.807) is 5.38 Å². The second kappa shape index (κ2) is 6.26. The third-order valence-electron chi connectivity index (χ3n) is 2.86. The van der Waals surface area contributed by atoms with Gasteiger partial charge in [0.15, 0.2) is 5.13 Å². The first kappa shape index (κ1) is 16.1. The van der Waals surface area contributed by atoms with Crippen molar-refractivity contribution in [3.05, 3.63) is 11.1 Å². The predicted octanol–water partition coefficient (Wildman–Crippen LogP) is -0.675. The Hall–Kier alpha value is -1.23. The summed E-state index contributed by atoms with van der Waals surface area (Å²) in [5.74, 6) is -0.286. The fourth-order valence-electron chi connectivity index (χ4n) is 1.82. The number of sulfonamides is 1. The molecule has 0 radical (unpaired) electrons. The van der Waals surface area contributed by atoms with E-state index in [-0.39, 0.29) is 30.6 Å². The van der Waals surface area contributed by atoms with Gasteiger partial charge in [-0.3, -0.25) is 9.52 Å². The van der Waals surface area contributed by atoms with Crippen LogP contribution in [0.25, 0.3) is 0 Å². The molecule has 1 amide bonds. The molecule has 2 heterocycles. The van der Waals surface area contributed by atoms with E-state index in [9.17, 15) is 18.3 Å². The van der Waals surface area contributed by atoms with Crippen molar-refractivity contribution in [2.45, 2.75) is 18.4 Å². The van der Waals surface area contributed by atoms with Crippen LogP contribution < -0.4 is 10.0 Å². The van der Waals surface area contributed by atoms with Crippen molar-refractivity contribution in [2.24, 2.45) is 0 Å². The lowest BCUT2D eigenvalue weighted by molar-refractivity contribution is -0.121. The van der Waals surface area contributed by atoms with Crippen LogP contribution in [0.4, 0.5) is 5.13 Å². The summed E-state index contributed by atoms with van der Waals surface area (Å²) in [6.07, 6.45) is 1.55. The van der Waals surface area contributed by atoms with E-state index in [0.29, 0.717) is 18.7 Å². The fraction of sp³-hybridized carbons (Fsp3) is 0.636. The van der Waals surface area contributed by atoms with Crippen molar-refractivity contribution in [2.75, 3.05) is 30.7 Å². The van der Waals surface area contributed by atoms with Crippen LogP contribution in [-0.4, -0.2) is 56.0 Å². The van der Waals surface area contributed by atoms with Crippen LogP contribution in [0.1, 0.15) is 12.1 Å². The lowest BCUT2D eigenvalue weighted by Gasteiger charge is -2.20. The van der Waals surface area contributed by atoms with E-state index >= 15 is 0 Å². The number of carbonyl (C=O) groups excluding carboxylic acids is 1. The van der Waals surface area contributed by atoms with Gasteiger partial charge in [0, 0.05) is 25.0 Å². The molecule has 0 spiro atoms. The lowest BCUT2D eigenvalue weighted by Crippen LogP contribution is -2.43. The topological polar surface area (TPSA) is 118 Å². The molecule has 1 saturated heterocycles. The first-order chi connectivity index (χ1) is 9.76. The summed E-state index contributed by atoms with van der Waals surface area (Å²) >= 11 is 1.11. The number of thiazole rings is 1. The highest BCUT2D eigenvalue weighted by molar-refractivity contribution is 7.92. The van der Waals surface area contributed by atoms with E-state index in [1.165, 1.54) is 0 Å². The monoisotopic (exact) mass is 335 g/mol. The van der Waals surface area contributed by atoms with Gasteiger partial charge in [0.2, 0.25) is 15.9 Å². The van der Waals surface area contributed by atoms with Gasteiger partial charge in [-0.25, -0.2) is 13.4 Å².